The van der Waals surface area contributed by atoms with Crippen molar-refractivity contribution in [2.75, 3.05) is 34.5 Å². The predicted molar refractivity (Wildman–Crippen MR) is 142 cm³/mol. The minimum absolute atomic E-state index is 0.0496. The van der Waals surface area contributed by atoms with Crippen LogP contribution in [0.5, 0.6) is 5.75 Å². The highest BCUT2D eigenvalue weighted by molar-refractivity contribution is 5.81. The van der Waals surface area contributed by atoms with Gasteiger partial charge >= 0.3 is 0 Å². The SMILES string of the molecule is COc1ccc(COCC[C@H](OC)[C@@H](C)CCC(=O)[C@H](C)[C@@H](CCOCc2ccccc2)OC)cc1. The minimum Gasteiger partial charge on any atom is -0.497 e. The van der Waals surface area contributed by atoms with Crippen LogP contribution in [0.25, 0.3) is 0 Å². The molecule has 200 valence electrons. The van der Waals surface area contributed by atoms with Crippen molar-refractivity contribution in [3.63, 3.8) is 0 Å². The van der Waals surface area contributed by atoms with Gasteiger partial charge in [0.15, 0.2) is 0 Å². The third-order valence-corrected chi connectivity index (χ3v) is 6.78. The highest BCUT2D eigenvalue weighted by Gasteiger charge is 2.25. The lowest BCUT2D eigenvalue weighted by atomic mass is 9.89. The van der Waals surface area contributed by atoms with Crippen molar-refractivity contribution in [1.29, 1.82) is 0 Å². The van der Waals surface area contributed by atoms with Gasteiger partial charge in [-0.15, -0.1) is 0 Å². The summed E-state index contributed by atoms with van der Waals surface area (Å²) in [5, 5.41) is 0. The van der Waals surface area contributed by atoms with Crippen LogP contribution in [0, 0.1) is 11.8 Å². The minimum atomic E-state index is -0.170. The molecular weight excluding hydrogens is 456 g/mol. The standard InChI is InChI=1S/C30H44O6/c1-23(29(33-4)17-19-35-22-26-12-14-27(32-3)15-13-26)11-16-28(31)24(2)30(34-5)18-20-36-21-25-9-7-6-8-10-25/h6-10,12-15,23-24,29-30H,11,16-22H2,1-5H3/t23-,24-,29-,30+/m0/s1. The fraction of sp³-hybridized carbons (Fsp3) is 0.567. The van der Waals surface area contributed by atoms with E-state index in [0.29, 0.717) is 39.3 Å². The van der Waals surface area contributed by atoms with Gasteiger partial charge in [-0.05, 0) is 48.4 Å². The molecule has 0 heterocycles. The molecule has 36 heavy (non-hydrogen) atoms. The first-order valence-electron chi connectivity index (χ1n) is 12.9. The average molecular weight is 501 g/mol. The van der Waals surface area contributed by atoms with Gasteiger partial charge in [0.25, 0.3) is 0 Å². The Kier molecular flexibility index (Phi) is 14.4. The highest BCUT2D eigenvalue weighted by Crippen LogP contribution is 2.21. The van der Waals surface area contributed by atoms with Crippen LogP contribution in [-0.2, 0) is 37.0 Å². The van der Waals surface area contributed by atoms with Gasteiger partial charge in [0.2, 0.25) is 0 Å². The van der Waals surface area contributed by atoms with E-state index < -0.39 is 0 Å². The van der Waals surface area contributed by atoms with Gasteiger partial charge in [-0.1, -0.05) is 56.3 Å². The largest absolute Gasteiger partial charge is 0.497 e. The van der Waals surface area contributed by atoms with E-state index in [-0.39, 0.29) is 29.8 Å². The Hall–Kier alpha value is -2.25. The molecule has 0 radical (unpaired) electrons. The van der Waals surface area contributed by atoms with Crippen LogP contribution in [0.3, 0.4) is 0 Å². The molecule has 0 amide bonds. The van der Waals surface area contributed by atoms with Crippen molar-refractivity contribution in [2.24, 2.45) is 11.8 Å². The van der Waals surface area contributed by atoms with E-state index in [1.807, 2.05) is 61.5 Å². The van der Waals surface area contributed by atoms with Crippen molar-refractivity contribution in [3.8, 4) is 5.75 Å². The third kappa shape index (κ3) is 10.8. The monoisotopic (exact) mass is 500 g/mol. The Morgan fingerprint density at radius 3 is 1.83 bits per heavy atom. The zero-order chi connectivity index (χ0) is 26.2. The molecule has 0 unspecified atom stereocenters. The maximum atomic E-state index is 12.9. The van der Waals surface area contributed by atoms with Gasteiger partial charge in [0.05, 0.1) is 32.5 Å². The topological polar surface area (TPSA) is 63.2 Å². The fourth-order valence-corrected chi connectivity index (χ4v) is 4.27. The normalized spacial score (nSPS) is 14.7. The van der Waals surface area contributed by atoms with Gasteiger partial charge < -0.3 is 23.7 Å². The number of carbonyl (C=O) groups excluding carboxylic acids is 1. The van der Waals surface area contributed by atoms with E-state index >= 15 is 0 Å². The van der Waals surface area contributed by atoms with E-state index in [0.717, 1.165) is 29.7 Å². The van der Waals surface area contributed by atoms with Gasteiger partial charge in [-0.25, -0.2) is 0 Å². The predicted octanol–water partition coefficient (Wildman–Crippen LogP) is 5.86. The molecule has 6 heteroatoms. The molecule has 0 saturated heterocycles. The zero-order valence-electron chi connectivity index (χ0n) is 22.6. The number of ketones is 1. The molecule has 0 N–H and O–H groups in total. The summed E-state index contributed by atoms with van der Waals surface area (Å²) in [7, 11) is 5.05. The van der Waals surface area contributed by atoms with E-state index in [4.69, 9.17) is 23.7 Å². The molecule has 0 fully saturated rings. The van der Waals surface area contributed by atoms with E-state index in [1.165, 1.54) is 0 Å². The van der Waals surface area contributed by atoms with Gasteiger partial charge in [0.1, 0.15) is 11.5 Å². The van der Waals surface area contributed by atoms with Crippen LogP contribution < -0.4 is 4.74 Å². The van der Waals surface area contributed by atoms with Gasteiger partial charge in [0, 0.05) is 39.8 Å². The molecule has 0 aliphatic rings. The molecule has 2 rings (SSSR count). The van der Waals surface area contributed by atoms with E-state index in [9.17, 15) is 4.79 Å². The summed E-state index contributed by atoms with van der Waals surface area (Å²) >= 11 is 0. The van der Waals surface area contributed by atoms with Crippen LogP contribution >= 0.6 is 0 Å². The summed E-state index contributed by atoms with van der Waals surface area (Å²) in [4.78, 5) is 12.9. The molecule has 0 aliphatic carbocycles. The lowest BCUT2D eigenvalue weighted by Gasteiger charge is -2.25. The van der Waals surface area contributed by atoms with Crippen molar-refractivity contribution in [2.45, 2.75) is 65.0 Å². The lowest BCUT2D eigenvalue weighted by Crippen LogP contribution is -2.30. The molecular formula is C30H44O6. The smallest absolute Gasteiger partial charge is 0.138 e. The molecule has 0 aromatic heterocycles. The van der Waals surface area contributed by atoms with Crippen LogP contribution in [0.15, 0.2) is 54.6 Å². The Morgan fingerprint density at radius 2 is 1.28 bits per heavy atom. The van der Waals surface area contributed by atoms with Crippen LogP contribution in [0.4, 0.5) is 0 Å². The third-order valence-electron chi connectivity index (χ3n) is 6.78. The fourth-order valence-electron chi connectivity index (χ4n) is 4.27. The number of ether oxygens (including phenoxy) is 5. The number of Topliss-reactive ketones (excluding diaryl/α,β-unsaturated/α-hetero) is 1. The second-order valence-corrected chi connectivity index (χ2v) is 9.34. The quantitative estimate of drug-likeness (QED) is 0.225. The number of methoxy groups -OCH3 is 3. The summed E-state index contributed by atoms with van der Waals surface area (Å²) < 4.78 is 28.2. The van der Waals surface area contributed by atoms with Gasteiger partial charge in [-0.3, -0.25) is 4.79 Å². The Morgan fingerprint density at radius 1 is 0.722 bits per heavy atom. The average Bonchev–Trinajstić information content (AvgIpc) is 2.92. The first-order chi connectivity index (χ1) is 17.5. The molecule has 0 bridgehead atoms. The van der Waals surface area contributed by atoms with Crippen LogP contribution in [0.2, 0.25) is 0 Å². The second-order valence-electron chi connectivity index (χ2n) is 9.34. The summed E-state index contributed by atoms with van der Waals surface area (Å²) in [6.07, 6.45) is 2.68. The molecule has 2 aromatic rings. The zero-order valence-corrected chi connectivity index (χ0v) is 22.6. The maximum Gasteiger partial charge on any atom is 0.138 e. The molecule has 4 atom stereocenters. The van der Waals surface area contributed by atoms with Crippen molar-refractivity contribution >= 4 is 5.78 Å². The molecule has 2 aromatic carbocycles. The summed E-state index contributed by atoms with van der Waals surface area (Å²) in [5.41, 5.74) is 2.25. The maximum absolute atomic E-state index is 12.9. The number of rotatable bonds is 19. The summed E-state index contributed by atoms with van der Waals surface area (Å²) in [6, 6.07) is 18.0. The van der Waals surface area contributed by atoms with Crippen molar-refractivity contribution in [3.05, 3.63) is 65.7 Å². The van der Waals surface area contributed by atoms with E-state index in [2.05, 4.69) is 6.92 Å². The molecule has 6 nitrogen and oxygen atoms in total. The van der Waals surface area contributed by atoms with Crippen LogP contribution in [-0.4, -0.2) is 52.5 Å². The first kappa shape index (κ1) is 30.0. The number of carbonyl (C=O) groups is 1. The Bertz CT molecular complexity index is 838. The lowest BCUT2D eigenvalue weighted by molar-refractivity contribution is -0.127. The Balaban J connectivity index is 1.66. The molecule has 0 saturated carbocycles. The highest BCUT2D eigenvalue weighted by atomic mass is 16.5. The number of hydrogen-bond acceptors (Lipinski definition) is 6. The molecule has 0 spiro atoms. The first-order valence-corrected chi connectivity index (χ1v) is 12.9. The second kappa shape index (κ2) is 17.2. The van der Waals surface area contributed by atoms with E-state index in [1.54, 1.807) is 21.3 Å². The van der Waals surface area contributed by atoms with Crippen molar-refractivity contribution < 1.29 is 28.5 Å². The summed E-state index contributed by atoms with van der Waals surface area (Å²) in [5.74, 6) is 1.15. The Labute approximate surface area is 217 Å². The molecule has 0 aliphatic heterocycles. The van der Waals surface area contributed by atoms with Gasteiger partial charge in [-0.2, -0.15) is 0 Å². The van der Waals surface area contributed by atoms with Crippen LogP contribution in [0.1, 0.15) is 50.7 Å². The summed E-state index contributed by atoms with van der Waals surface area (Å²) in [6.45, 7) is 6.38. The number of hydrogen-bond donors (Lipinski definition) is 0. The number of benzene rings is 2. The van der Waals surface area contributed by atoms with Crippen molar-refractivity contribution in [1.82, 2.24) is 0 Å².